The monoisotopic (exact) mass is 329 g/mol. The summed E-state index contributed by atoms with van der Waals surface area (Å²) in [5.74, 6) is 1.17. The number of aryl methyl sites for hydroxylation is 2. The van der Waals surface area contributed by atoms with Crippen LogP contribution in [0.4, 0.5) is 5.69 Å². The van der Waals surface area contributed by atoms with E-state index >= 15 is 0 Å². The Labute approximate surface area is 137 Å². The van der Waals surface area contributed by atoms with Gasteiger partial charge in [0.15, 0.2) is 0 Å². The van der Waals surface area contributed by atoms with Gasteiger partial charge in [0, 0.05) is 5.69 Å². The number of carbonyl (C=O) groups is 1. The molecule has 3 rings (SSSR count). The van der Waals surface area contributed by atoms with Crippen LogP contribution in [0.1, 0.15) is 11.3 Å². The van der Waals surface area contributed by atoms with E-state index in [1.807, 2.05) is 38.1 Å². The number of rotatable bonds is 5. The smallest absolute Gasteiger partial charge is 0.277 e. The lowest BCUT2D eigenvalue weighted by molar-refractivity contribution is -0.113. The van der Waals surface area contributed by atoms with Crippen molar-refractivity contribution in [1.82, 2.24) is 10.2 Å². The molecule has 0 spiro atoms. The Bertz CT molecular complexity index is 825. The summed E-state index contributed by atoms with van der Waals surface area (Å²) in [6.45, 7) is 3.77. The van der Waals surface area contributed by atoms with E-state index < -0.39 is 0 Å². The lowest BCUT2D eigenvalue weighted by Gasteiger charge is -2.06. The minimum absolute atomic E-state index is 0.122. The van der Waals surface area contributed by atoms with E-state index in [-0.39, 0.29) is 11.7 Å². The van der Waals surface area contributed by atoms with Gasteiger partial charge in [-0.25, -0.2) is 0 Å². The molecule has 6 nitrogen and oxygen atoms in total. The molecule has 0 saturated heterocycles. The number of nitrogens with one attached hydrogen (secondary N) is 1. The van der Waals surface area contributed by atoms with Crippen molar-refractivity contribution in [3.8, 4) is 11.5 Å². The third-order valence-corrected chi connectivity index (χ3v) is 4.06. The molecule has 118 valence electrons. The molecule has 2 heterocycles. The summed E-state index contributed by atoms with van der Waals surface area (Å²) in [4.78, 5) is 12.0. The van der Waals surface area contributed by atoms with Crippen LogP contribution in [-0.2, 0) is 4.79 Å². The highest BCUT2D eigenvalue weighted by Gasteiger charge is 2.14. The van der Waals surface area contributed by atoms with Crippen molar-refractivity contribution in [3.05, 3.63) is 47.9 Å². The second-order valence-corrected chi connectivity index (χ2v) is 5.84. The maximum absolute atomic E-state index is 12.0. The Balaban J connectivity index is 1.59. The number of nitrogens with zero attached hydrogens (tertiary/aromatic N) is 2. The van der Waals surface area contributed by atoms with Crippen LogP contribution in [0.3, 0.4) is 0 Å². The summed E-state index contributed by atoms with van der Waals surface area (Å²) in [5.41, 5.74) is 2.58. The molecule has 0 fully saturated rings. The van der Waals surface area contributed by atoms with Crippen molar-refractivity contribution in [3.63, 3.8) is 0 Å². The molecule has 23 heavy (non-hydrogen) atoms. The molecule has 1 aromatic carbocycles. The Hall–Kier alpha value is -2.54. The molecule has 7 heteroatoms. The Morgan fingerprint density at radius 2 is 2.04 bits per heavy atom. The molecule has 0 bridgehead atoms. The molecule has 0 atom stereocenters. The first-order valence-electron chi connectivity index (χ1n) is 7.00. The third kappa shape index (κ3) is 3.62. The molecule has 0 aliphatic carbocycles. The van der Waals surface area contributed by atoms with Gasteiger partial charge in [-0.15, -0.1) is 10.2 Å². The van der Waals surface area contributed by atoms with Gasteiger partial charge >= 0.3 is 0 Å². The second-order valence-electron chi connectivity index (χ2n) is 4.92. The van der Waals surface area contributed by atoms with Gasteiger partial charge in [-0.1, -0.05) is 30.0 Å². The van der Waals surface area contributed by atoms with Crippen LogP contribution in [0, 0.1) is 13.8 Å². The van der Waals surface area contributed by atoms with Crippen molar-refractivity contribution in [2.45, 2.75) is 19.1 Å². The molecule has 0 aliphatic heterocycles. The Morgan fingerprint density at radius 1 is 1.22 bits per heavy atom. The van der Waals surface area contributed by atoms with E-state index in [2.05, 4.69) is 15.5 Å². The average molecular weight is 329 g/mol. The van der Waals surface area contributed by atoms with E-state index in [1.54, 1.807) is 12.3 Å². The van der Waals surface area contributed by atoms with E-state index in [1.165, 1.54) is 11.8 Å². The van der Waals surface area contributed by atoms with Crippen LogP contribution in [0.25, 0.3) is 11.5 Å². The maximum atomic E-state index is 12.0. The number of hydrogen-bond donors (Lipinski definition) is 1. The molecule has 3 aromatic rings. The molecule has 2 aromatic heterocycles. The van der Waals surface area contributed by atoms with Gasteiger partial charge in [0.1, 0.15) is 5.76 Å². The van der Waals surface area contributed by atoms with Crippen molar-refractivity contribution < 1.29 is 13.6 Å². The van der Waals surface area contributed by atoms with Gasteiger partial charge in [-0.2, -0.15) is 0 Å². The molecular weight excluding hydrogens is 314 g/mol. The number of anilines is 1. The van der Waals surface area contributed by atoms with Gasteiger partial charge < -0.3 is 14.2 Å². The lowest BCUT2D eigenvalue weighted by Crippen LogP contribution is -2.14. The number of para-hydroxylation sites is 1. The molecule has 0 aliphatic rings. The number of thioether (sulfide) groups is 1. The highest BCUT2D eigenvalue weighted by molar-refractivity contribution is 7.99. The first-order valence-corrected chi connectivity index (χ1v) is 7.98. The summed E-state index contributed by atoms with van der Waals surface area (Å²) >= 11 is 1.19. The summed E-state index contributed by atoms with van der Waals surface area (Å²) in [5, 5.41) is 11.1. The number of hydrogen-bond acceptors (Lipinski definition) is 6. The van der Waals surface area contributed by atoms with Crippen LogP contribution < -0.4 is 5.32 Å². The zero-order chi connectivity index (χ0) is 16.2. The van der Waals surface area contributed by atoms with Crippen LogP contribution in [0.15, 0.2) is 50.7 Å². The molecule has 1 amide bonds. The molecule has 0 radical (unpaired) electrons. The van der Waals surface area contributed by atoms with Crippen molar-refractivity contribution >= 4 is 23.4 Å². The first kappa shape index (κ1) is 15.4. The minimum atomic E-state index is -0.122. The van der Waals surface area contributed by atoms with E-state index in [9.17, 15) is 4.79 Å². The predicted octanol–water partition coefficient (Wildman–Crippen LogP) is 3.68. The molecule has 1 N–H and O–H groups in total. The molecular formula is C16H15N3O3S. The lowest BCUT2D eigenvalue weighted by atomic mass is 10.2. The molecule has 0 saturated carbocycles. The summed E-state index contributed by atoms with van der Waals surface area (Å²) in [6, 6.07) is 9.39. The number of carbonyl (C=O) groups excluding carboxylic acids is 1. The largest absolute Gasteiger partial charge is 0.469 e. The minimum Gasteiger partial charge on any atom is -0.469 e. The number of amides is 1. The van der Waals surface area contributed by atoms with E-state index in [0.29, 0.717) is 16.9 Å². The average Bonchev–Trinajstić information content (AvgIpc) is 3.16. The number of furan rings is 1. The van der Waals surface area contributed by atoms with E-state index in [4.69, 9.17) is 8.83 Å². The van der Waals surface area contributed by atoms with E-state index in [0.717, 1.165) is 16.8 Å². The quantitative estimate of drug-likeness (QED) is 0.719. The Morgan fingerprint density at radius 3 is 2.78 bits per heavy atom. The number of aromatic nitrogens is 2. The third-order valence-electron chi connectivity index (χ3n) is 3.24. The maximum Gasteiger partial charge on any atom is 0.277 e. The van der Waals surface area contributed by atoms with Crippen LogP contribution >= 0.6 is 11.8 Å². The van der Waals surface area contributed by atoms with Crippen LogP contribution in [-0.4, -0.2) is 21.9 Å². The molecule has 0 unspecified atom stereocenters. The fourth-order valence-electron chi connectivity index (χ4n) is 2.01. The second kappa shape index (κ2) is 6.70. The standard InChI is InChI=1S/C16H15N3O3S/c1-10-5-3-4-6-13(10)17-14(20)9-23-16-19-18-15(22-16)12-7-8-21-11(12)2/h3-8H,9H2,1-2H3,(H,17,20). The van der Waals surface area contributed by atoms with Gasteiger partial charge in [0.05, 0.1) is 17.6 Å². The topological polar surface area (TPSA) is 81.2 Å². The summed E-state index contributed by atoms with van der Waals surface area (Å²) in [7, 11) is 0. The number of benzene rings is 1. The fraction of sp³-hybridized carbons (Fsp3) is 0.188. The van der Waals surface area contributed by atoms with Crippen molar-refractivity contribution in [2.24, 2.45) is 0 Å². The first-order chi connectivity index (χ1) is 11.1. The van der Waals surface area contributed by atoms with Crippen molar-refractivity contribution in [2.75, 3.05) is 11.1 Å². The predicted molar refractivity (Wildman–Crippen MR) is 87.3 cm³/mol. The highest BCUT2D eigenvalue weighted by atomic mass is 32.2. The van der Waals surface area contributed by atoms with Crippen LogP contribution in [0.5, 0.6) is 0 Å². The SMILES string of the molecule is Cc1ccccc1NC(=O)CSc1nnc(-c2ccoc2C)o1. The van der Waals surface area contributed by atoms with Gasteiger partial charge in [-0.05, 0) is 31.5 Å². The van der Waals surface area contributed by atoms with Crippen LogP contribution in [0.2, 0.25) is 0 Å². The normalized spacial score (nSPS) is 10.7. The fourth-order valence-corrected chi connectivity index (χ4v) is 2.57. The zero-order valence-corrected chi connectivity index (χ0v) is 13.5. The van der Waals surface area contributed by atoms with Gasteiger partial charge in [-0.3, -0.25) is 4.79 Å². The van der Waals surface area contributed by atoms with Crippen molar-refractivity contribution in [1.29, 1.82) is 0 Å². The highest BCUT2D eigenvalue weighted by Crippen LogP contribution is 2.26. The van der Waals surface area contributed by atoms with Gasteiger partial charge in [0.25, 0.3) is 11.1 Å². The Kier molecular flexibility index (Phi) is 4.47. The summed E-state index contributed by atoms with van der Waals surface area (Å²) in [6.07, 6.45) is 1.57. The summed E-state index contributed by atoms with van der Waals surface area (Å²) < 4.78 is 10.7. The zero-order valence-electron chi connectivity index (χ0n) is 12.7. The van der Waals surface area contributed by atoms with Gasteiger partial charge in [0.2, 0.25) is 5.91 Å².